The molecule has 1 N–H and O–H groups in total. The van der Waals surface area contributed by atoms with Crippen LogP contribution in [0, 0.1) is 0 Å². The summed E-state index contributed by atoms with van der Waals surface area (Å²) in [4.78, 5) is 81.8. The van der Waals surface area contributed by atoms with Crippen molar-refractivity contribution >= 4 is 67.9 Å². The molecule has 73 heavy (non-hydrogen) atoms. The fourth-order valence-corrected chi connectivity index (χ4v) is 10.9. The lowest BCUT2D eigenvalue weighted by Gasteiger charge is -2.37. The van der Waals surface area contributed by atoms with Gasteiger partial charge in [0.25, 0.3) is 0 Å². The summed E-state index contributed by atoms with van der Waals surface area (Å²) in [6.45, 7) is 3.33. The maximum Gasteiger partial charge on any atom is 0.409 e. The van der Waals surface area contributed by atoms with Crippen LogP contribution in [0.15, 0.2) is 147 Å². The molecule has 6 aromatic heterocycles. The number of halogens is 1. The zero-order valence-electron chi connectivity index (χ0n) is 40.3. The Morgan fingerprint density at radius 2 is 1.03 bits per heavy atom. The predicted octanol–water partition coefficient (Wildman–Crippen LogP) is 9.19. The van der Waals surface area contributed by atoms with Crippen LogP contribution in [0.25, 0.3) is 43.8 Å². The lowest BCUT2D eigenvalue weighted by molar-refractivity contribution is -0.125. The third-order valence-electron chi connectivity index (χ3n) is 14.5. The highest BCUT2D eigenvalue weighted by atomic mass is 35.5. The van der Waals surface area contributed by atoms with Crippen molar-refractivity contribution in [1.82, 2.24) is 40.1 Å². The molecular formula is C56H51ClN10O6. The molecule has 4 aliphatic rings. The first-order valence-electron chi connectivity index (χ1n) is 24.0. The molecule has 12 rings (SSSR count). The van der Waals surface area contributed by atoms with Gasteiger partial charge in [-0.2, -0.15) is 0 Å². The van der Waals surface area contributed by atoms with E-state index in [9.17, 15) is 19.2 Å². The van der Waals surface area contributed by atoms with Crippen molar-refractivity contribution in [2.45, 2.75) is 49.6 Å². The molecule has 8 aromatic rings. The number of ether oxygens (including phenoxy) is 2. The fourth-order valence-electron chi connectivity index (χ4n) is 10.9. The molecule has 10 heterocycles. The van der Waals surface area contributed by atoms with E-state index in [0.29, 0.717) is 39.0 Å². The first-order valence-corrected chi connectivity index (χ1v) is 24.4. The van der Waals surface area contributed by atoms with Crippen LogP contribution in [0.4, 0.5) is 21.0 Å². The number of piperidine rings is 2. The van der Waals surface area contributed by atoms with E-state index >= 15 is 0 Å². The predicted molar refractivity (Wildman–Crippen MR) is 278 cm³/mol. The van der Waals surface area contributed by atoms with Crippen LogP contribution in [-0.4, -0.2) is 98.5 Å². The molecule has 0 radical (unpaired) electrons. The first-order chi connectivity index (χ1) is 35.7. The Bertz CT molecular complexity index is 3350. The molecule has 0 aliphatic carbocycles. The number of hydrogen-bond donors (Lipinski definition) is 1. The Labute approximate surface area is 426 Å². The minimum atomic E-state index is -0.773. The Balaban J connectivity index is 0.000000154. The third-order valence-corrected chi connectivity index (χ3v) is 14.6. The molecule has 2 aromatic carbocycles. The van der Waals surface area contributed by atoms with Crippen LogP contribution in [0.3, 0.4) is 0 Å². The molecular weight excluding hydrogens is 944 g/mol. The molecule has 2 saturated heterocycles. The number of aromatic nitrogens is 6. The van der Waals surface area contributed by atoms with Gasteiger partial charge in [-0.25, -0.2) is 9.59 Å². The SMILES string of the molecule is COC(=O)Cl.COC(=O)N1CCC2(CC1)C(=O)N(Cc1ncc3ccccc3c1-c1cccnc1)c1cnccc12.O=C1N(Cc2ncc3ccccc3c2-c2cccnc2)c2cnccc2C12CCNCC2. The summed E-state index contributed by atoms with van der Waals surface area (Å²) in [6.07, 6.45) is 20.4. The summed E-state index contributed by atoms with van der Waals surface area (Å²) in [5, 5.41) is 7.67. The maximum absolute atomic E-state index is 14.1. The van der Waals surface area contributed by atoms with Crippen molar-refractivity contribution in [3.05, 3.63) is 169 Å². The highest BCUT2D eigenvalue weighted by Gasteiger charge is 2.53. The average molecular weight is 996 g/mol. The number of carbonyl (C=O) groups is 4. The number of amides is 3. The van der Waals surface area contributed by atoms with Gasteiger partial charge in [0.15, 0.2) is 0 Å². The standard InChI is InChI=1S/C28H25N5O3.C26H23N5O.C2H3ClO2/c1-36-27(35)32-13-9-28(10-14-32)22-8-12-30-17-24(22)33(26(28)34)18-23-25(20-6-4-11-29-15-20)21-7-3-2-5-19(21)16-31-23;32-25-26(8-12-27-13-9-26)21-7-11-29-16-23(21)31(25)17-22-24(19-5-3-10-28-14-19)20-6-2-1-4-18(20)15-30-22;1-5-2(3)4/h2-8,11-12,15-17H,9-10,13-14,18H2,1H3;1-7,10-11,14-16,27H,8-9,12-13,17H2;1H3. The van der Waals surface area contributed by atoms with Gasteiger partial charge < -0.3 is 29.5 Å². The lowest BCUT2D eigenvalue weighted by Crippen LogP contribution is -2.50. The van der Waals surface area contributed by atoms with E-state index in [0.717, 1.165) is 104 Å². The van der Waals surface area contributed by atoms with E-state index in [-0.39, 0.29) is 17.9 Å². The number of methoxy groups -OCH3 is 2. The van der Waals surface area contributed by atoms with E-state index in [1.807, 2.05) is 101 Å². The summed E-state index contributed by atoms with van der Waals surface area (Å²) in [6, 6.07) is 28.2. The molecule has 0 unspecified atom stereocenters. The summed E-state index contributed by atoms with van der Waals surface area (Å²) in [7, 11) is 2.60. The van der Waals surface area contributed by atoms with Crippen molar-refractivity contribution in [3.63, 3.8) is 0 Å². The number of carbonyl (C=O) groups excluding carboxylic acids is 4. The Morgan fingerprint density at radius 1 is 0.575 bits per heavy atom. The monoisotopic (exact) mass is 994 g/mol. The largest absolute Gasteiger partial charge is 0.457 e. The zero-order valence-corrected chi connectivity index (χ0v) is 41.0. The van der Waals surface area contributed by atoms with Gasteiger partial charge in [0.2, 0.25) is 11.8 Å². The Hall–Kier alpha value is -8.21. The summed E-state index contributed by atoms with van der Waals surface area (Å²) in [5.74, 6) is 0.191. The number of nitrogens with one attached hydrogen (secondary N) is 1. The Morgan fingerprint density at radius 3 is 1.47 bits per heavy atom. The van der Waals surface area contributed by atoms with Gasteiger partial charge in [-0.1, -0.05) is 60.7 Å². The van der Waals surface area contributed by atoms with Gasteiger partial charge >= 0.3 is 11.5 Å². The fraction of sp³-hybridized carbons (Fsp3) is 0.250. The number of hydrogen-bond acceptors (Lipinski definition) is 13. The van der Waals surface area contributed by atoms with Crippen LogP contribution in [0.5, 0.6) is 0 Å². The summed E-state index contributed by atoms with van der Waals surface area (Å²) >= 11 is 4.60. The molecule has 2 fully saturated rings. The van der Waals surface area contributed by atoms with Crippen molar-refractivity contribution in [3.8, 4) is 22.3 Å². The molecule has 4 aliphatic heterocycles. The second kappa shape index (κ2) is 20.9. The molecule has 0 atom stereocenters. The minimum Gasteiger partial charge on any atom is -0.457 e. The van der Waals surface area contributed by atoms with E-state index < -0.39 is 16.3 Å². The van der Waals surface area contributed by atoms with Gasteiger partial charge in [-0.3, -0.25) is 39.5 Å². The van der Waals surface area contributed by atoms with Crippen LogP contribution < -0.4 is 15.1 Å². The van der Waals surface area contributed by atoms with Crippen molar-refractivity contribution < 1.29 is 28.7 Å². The number of fused-ring (bicyclic) bond motifs is 6. The van der Waals surface area contributed by atoms with Gasteiger partial charge in [0, 0.05) is 107 Å². The molecule has 3 amide bonds. The molecule has 0 bridgehead atoms. The van der Waals surface area contributed by atoms with E-state index in [4.69, 9.17) is 14.7 Å². The molecule has 17 heteroatoms. The molecule has 2 spiro atoms. The number of nitrogens with zero attached hydrogens (tertiary/aromatic N) is 9. The number of anilines is 2. The number of pyridine rings is 6. The second-order valence-electron chi connectivity index (χ2n) is 18.2. The van der Waals surface area contributed by atoms with E-state index in [1.54, 1.807) is 35.9 Å². The van der Waals surface area contributed by atoms with Gasteiger partial charge in [0.1, 0.15) is 0 Å². The van der Waals surface area contributed by atoms with E-state index in [2.05, 4.69) is 65.9 Å². The highest BCUT2D eigenvalue weighted by molar-refractivity contribution is 6.61. The van der Waals surface area contributed by atoms with Crippen molar-refractivity contribution in [1.29, 1.82) is 0 Å². The van der Waals surface area contributed by atoms with E-state index in [1.165, 1.54) is 14.2 Å². The van der Waals surface area contributed by atoms with Crippen LogP contribution in [0.1, 0.15) is 48.2 Å². The smallest absolute Gasteiger partial charge is 0.409 e. The van der Waals surface area contributed by atoms with Crippen LogP contribution >= 0.6 is 11.6 Å². The molecule has 16 nitrogen and oxygen atoms in total. The van der Waals surface area contributed by atoms with Crippen molar-refractivity contribution in [2.75, 3.05) is 50.2 Å². The zero-order chi connectivity index (χ0) is 50.5. The van der Waals surface area contributed by atoms with Crippen LogP contribution in [-0.2, 0) is 43.0 Å². The van der Waals surface area contributed by atoms with Gasteiger partial charge in [-0.15, -0.1) is 0 Å². The van der Waals surface area contributed by atoms with Crippen LogP contribution in [0.2, 0.25) is 0 Å². The number of rotatable bonds is 6. The molecule has 368 valence electrons. The highest BCUT2D eigenvalue weighted by Crippen LogP contribution is 2.50. The van der Waals surface area contributed by atoms with Crippen molar-refractivity contribution in [2.24, 2.45) is 0 Å². The van der Waals surface area contributed by atoms with Gasteiger partial charge in [-0.05, 0) is 84.9 Å². The summed E-state index contributed by atoms with van der Waals surface area (Å²) in [5.41, 5.74) is 7.48. The second-order valence-corrected chi connectivity index (χ2v) is 18.5. The Kier molecular flexibility index (Phi) is 13.8. The molecule has 0 saturated carbocycles. The lowest BCUT2D eigenvalue weighted by atomic mass is 9.74. The maximum atomic E-state index is 14.1. The quantitative estimate of drug-likeness (QED) is 0.156. The minimum absolute atomic E-state index is 0.0297. The topological polar surface area (TPSA) is 186 Å². The van der Waals surface area contributed by atoms with Gasteiger partial charge in [0.05, 0.1) is 73.3 Å². The first kappa shape index (κ1) is 48.4. The number of benzene rings is 2. The number of likely N-dealkylation sites (tertiary alicyclic amines) is 1. The third kappa shape index (κ3) is 9.08. The summed E-state index contributed by atoms with van der Waals surface area (Å²) < 4.78 is 8.77. The normalized spacial score (nSPS) is 16.1. The average Bonchev–Trinajstić information content (AvgIpc) is 3.80.